The highest BCUT2D eigenvalue weighted by Gasteiger charge is 2.33. The van der Waals surface area contributed by atoms with E-state index in [1.54, 1.807) is 0 Å². The van der Waals surface area contributed by atoms with Crippen LogP contribution in [0, 0.1) is 5.92 Å². The largest absolute Gasteiger partial charge is 0.494 e. The number of fused-ring (bicyclic) bond motifs is 1. The maximum absolute atomic E-state index is 12.9. The SMILES string of the molecule is CCOc1ccc2nc(Cl)c(CN(Cc3ccccc3)C(=O)C3CC3)cc2c1. The molecule has 4 rings (SSSR count). The second kappa shape index (κ2) is 8.19. The van der Waals surface area contributed by atoms with Crippen LogP contribution in [0.1, 0.15) is 30.9 Å². The zero-order valence-electron chi connectivity index (χ0n) is 15.9. The second-order valence-electron chi connectivity index (χ2n) is 7.18. The first-order valence-corrected chi connectivity index (χ1v) is 10.1. The fourth-order valence-corrected chi connectivity index (χ4v) is 3.56. The third-order valence-electron chi connectivity index (χ3n) is 4.94. The van der Waals surface area contributed by atoms with Crippen LogP contribution in [-0.4, -0.2) is 22.4 Å². The normalized spacial score (nSPS) is 13.5. The molecule has 0 aliphatic heterocycles. The lowest BCUT2D eigenvalue weighted by Crippen LogP contribution is -2.31. The predicted molar refractivity (Wildman–Crippen MR) is 111 cm³/mol. The standard InChI is InChI=1S/C23H23ClN2O2/c1-2-28-20-10-11-21-18(13-20)12-19(22(24)25-21)15-26(23(27)17-8-9-17)14-16-6-4-3-5-7-16/h3-7,10-13,17H,2,8-9,14-15H2,1H3. The van der Waals surface area contributed by atoms with E-state index in [0.717, 1.165) is 40.6 Å². The molecule has 0 atom stereocenters. The maximum Gasteiger partial charge on any atom is 0.226 e. The Hall–Kier alpha value is -2.59. The van der Waals surface area contributed by atoms with Crippen LogP contribution < -0.4 is 4.74 Å². The van der Waals surface area contributed by atoms with Gasteiger partial charge in [0.25, 0.3) is 0 Å². The van der Waals surface area contributed by atoms with Crippen molar-refractivity contribution in [2.45, 2.75) is 32.9 Å². The molecule has 1 saturated carbocycles. The molecule has 5 heteroatoms. The molecule has 1 aliphatic carbocycles. The molecule has 28 heavy (non-hydrogen) atoms. The van der Waals surface area contributed by atoms with Crippen LogP contribution in [-0.2, 0) is 17.9 Å². The molecule has 4 nitrogen and oxygen atoms in total. The van der Waals surface area contributed by atoms with E-state index >= 15 is 0 Å². The maximum atomic E-state index is 12.9. The molecule has 0 spiro atoms. The van der Waals surface area contributed by atoms with Crippen molar-refractivity contribution in [3.8, 4) is 5.75 Å². The summed E-state index contributed by atoms with van der Waals surface area (Å²) in [6, 6.07) is 17.9. The van der Waals surface area contributed by atoms with Crippen molar-refractivity contribution in [2.75, 3.05) is 6.61 Å². The number of amides is 1. The Kier molecular flexibility index (Phi) is 5.49. The lowest BCUT2D eigenvalue weighted by molar-refractivity contribution is -0.133. The topological polar surface area (TPSA) is 42.4 Å². The van der Waals surface area contributed by atoms with E-state index in [0.29, 0.717) is 24.8 Å². The second-order valence-corrected chi connectivity index (χ2v) is 7.54. The number of hydrogen-bond acceptors (Lipinski definition) is 3. The summed E-state index contributed by atoms with van der Waals surface area (Å²) in [5, 5.41) is 1.40. The Morgan fingerprint density at radius 3 is 2.64 bits per heavy atom. The van der Waals surface area contributed by atoms with Gasteiger partial charge in [-0.25, -0.2) is 4.98 Å². The Morgan fingerprint density at radius 2 is 1.93 bits per heavy atom. The highest BCUT2D eigenvalue weighted by atomic mass is 35.5. The minimum Gasteiger partial charge on any atom is -0.494 e. The van der Waals surface area contributed by atoms with E-state index in [1.807, 2.05) is 66.4 Å². The first-order valence-electron chi connectivity index (χ1n) is 9.68. The molecule has 1 aliphatic rings. The minimum absolute atomic E-state index is 0.153. The molecule has 0 radical (unpaired) electrons. The fourth-order valence-electron chi connectivity index (χ4n) is 3.35. The first kappa shape index (κ1) is 18.8. The van der Waals surface area contributed by atoms with E-state index in [2.05, 4.69) is 4.98 Å². The molecule has 1 heterocycles. The fraction of sp³-hybridized carbons (Fsp3) is 0.304. The van der Waals surface area contributed by atoms with Gasteiger partial charge < -0.3 is 9.64 Å². The van der Waals surface area contributed by atoms with Gasteiger partial charge in [0.15, 0.2) is 0 Å². The van der Waals surface area contributed by atoms with Crippen molar-refractivity contribution >= 4 is 28.4 Å². The molecule has 0 N–H and O–H groups in total. The molecule has 1 fully saturated rings. The quantitative estimate of drug-likeness (QED) is 0.515. The molecular formula is C23H23ClN2O2. The van der Waals surface area contributed by atoms with Gasteiger partial charge in [0.2, 0.25) is 5.91 Å². The van der Waals surface area contributed by atoms with Crippen LogP contribution in [0.25, 0.3) is 10.9 Å². The van der Waals surface area contributed by atoms with E-state index in [9.17, 15) is 4.79 Å². The Balaban J connectivity index is 1.63. The molecule has 0 unspecified atom stereocenters. The van der Waals surface area contributed by atoms with Gasteiger partial charge in [-0.2, -0.15) is 0 Å². The van der Waals surface area contributed by atoms with Gasteiger partial charge in [0.05, 0.1) is 12.1 Å². The minimum atomic E-state index is 0.153. The van der Waals surface area contributed by atoms with E-state index in [4.69, 9.17) is 16.3 Å². The molecule has 0 saturated heterocycles. The molecule has 1 aromatic heterocycles. The zero-order valence-corrected chi connectivity index (χ0v) is 16.7. The van der Waals surface area contributed by atoms with Crippen LogP contribution in [0.4, 0.5) is 0 Å². The molecule has 144 valence electrons. The molecule has 1 amide bonds. The number of aromatic nitrogens is 1. The molecule has 0 bridgehead atoms. The van der Waals surface area contributed by atoms with Crippen molar-refractivity contribution in [1.29, 1.82) is 0 Å². The average molecular weight is 395 g/mol. The van der Waals surface area contributed by atoms with Gasteiger partial charge in [-0.1, -0.05) is 41.9 Å². The summed E-state index contributed by atoms with van der Waals surface area (Å²) >= 11 is 6.47. The van der Waals surface area contributed by atoms with Crippen LogP contribution >= 0.6 is 11.6 Å². The van der Waals surface area contributed by atoms with E-state index in [1.165, 1.54) is 0 Å². The molecule has 2 aromatic carbocycles. The zero-order chi connectivity index (χ0) is 19.5. The average Bonchev–Trinajstić information content (AvgIpc) is 3.54. The Morgan fingerprint density at radius 1 is 1.14 bits per heavy atom. The van der Waals surface area contributed by atoms with Crippen molar-refractivity contribution in [2.24, 2.45) is 5.92 Å². The van der Waals surface area contributed by atoms with Gasteiger partial charge in [-0.3, -0.25) is 4.79 Å². The van der Waals surface area contributed by atoms with Crippen molar-refractivity contribution in [3.05, 3.63) is 70.9 Å². The van der Waals surface area contributed by atoms with Gasteiger partial charge in [0, 0.05) is 30.0 Å². The highest BCUT2D eigenvalue weighted by Crippen LogP contribution is 2.33. The first-order chi connectivity index (χ1) is 13.6. The number of rotatable bonds is 7. The molecular weight excluding hydrogens is 372 g/mol. The van der Waals surface area contributed by atoms with Crippen LogP contribution in [0.5, 0.6) is 5.75 Å². The van der Waals surface area contributed by atoms with Gasteiger partial charge >= 0.3 is 0 Å². The summed E-state index contributed by atoms with van der Waals surface area (Å²) in [6.45, 7) is 3.59. The van der Waals surface area contributed by atoms with Crippen LogP contribution in [0.2, 0.25) is 5.15 Å². The van der Waals surface area contributed by atoms with Crippen molar-refractivity contribution < 1.29 is 9.53 Å². The molecule has 3 aromatic rings. The van der Waals surface area contributed by atoms with E-state index in [-0.39, 0.29) is 11.8 Å². The summed E-state index contributed by atoms with van der Waals surface area (Å²) in [5.74, 6) is 1.16. The van der Waals surface area contributed by atoms with E-state index < -0.39 is 0 Å². The monoisotopic (exact) mass is 394 g/mol. The third kappa shape index (κ3) is 4.28. The Labute approximate surface area is 170 Å². The Bertz CT molecular complexity index is 987. The van der Waals surface area contributed by atoms with Gasteiger partial charge in [-0.05, 0) is 49.6 Å². The third-order valence-corrected chi connectivity index (χ3v) is 5.27. The van der Waals surface area contributed by atoms with Crippen molar-refractivity contribution in [1.82, 2.24) is 9.88 Å². The number of carbonyl (C=O) groups excluding carboxylic acids is 1. The predicted octanol–water partition coefficient (Wildman–Crippen LogP) is 5.23. The lowest BCUT2D eigenvalue weighted by atomic mass is 10.1. The van der Waals surface area contributed by atoms with Crippen LogP contribution in [0.15, 0.2) is 54.6 Å². The number of carbonyl (C=O) groups is 1. The summed E-state index contributed by atoms with van der Waals surface area (Å²) in [7, 11) is 0. The lowest BCUT2D eigenvalue weighted by Gasteiger charge is -2.23. The number of halogens is 1. The van der Waals surface area contributed by atoms with Crippen molar-refractivity contribution in [3.63, 3.8) is 0 Å². The summed E-state index contributed by atoms with van der Waals surface area (Å²) in [5.41, 5.74) is 2.79. The summed E-state index contributed by atoms with van der Waals surface area (Å²) in [4.78, 5) is 19.3. The summed E-state index contributed by atoms with van der Waals surface area (Å²) in [6.07, 6.45) is 1.96. The van der Waals surface area contributed by atoms with Gasteiger partial charge in [-0.15, -0.1) is 0 Å². The smallest absolute Gasteiger partial charge is 0.226 e. The number of pyridine rings is 1. The summed E-state index contributed by atoms with van der Waals surface area (Å²) < 4.78 is 5.60. The van der Waals surface area contributed by atoms with Crippen LogP contribution in [0.3, 0.4) is 0 Å². The number of hydrogen-bond donors (Lipinski definition) is 0. The number of nitrogens with zero attached hydrogens (tertiary/aromatic N) is 2. The number of benzene rings is 2. The number of ether oxygens (including phenoxy) is 1. The van der Waals surface area contributed by atoms with Gasteiger partial charge in [0.1, 0.15) is 10.9 Å². The highest BCUT2D eigenvalue weighted by molar-refractivity contribution is 6.30.